The van der Waals surface area contributed by atoms with Gasteiger partial charge in [-0.25, -0.2) is 0 Å². The zero-order valence-electron chi connectivity index (χ0n) is 14.1. The van der Waals surface area contributed by atoms with E-state index < -0.39 is 0 Å². The van der Waals surface area contributed by atoms with Crippen molar-refractivity contribution in [1.82, 2.24) is 10.6 Å². The maximum Gasteiger partial charge on any atom is 0.230 e. The number of carbonyl (C=O) groups excluding carboxylic acids is 1. The quantitative estimate of drug-likeness (QED) is 0.887. The third-order valence-electron chi connectivity index (χ3n) is 5.43. The highest BCUT2D eigenvalue weighted by atomic mass is 35.5. The van der Waals surface area contributed by atoms with Crippen LogP contribution in [0.15, 0.2) is 24.3 Å². The second-order valence-electron chi connectivity index (χ2n) is 6.97. The van der Waals surface area contributed by atoms with Crippen molar-refractivity contribution in [2.45, 2.75) is 63.3 Å². The molecule has 3 nitrogen and oxygen atoms in total. The second kappa shape index (κ2) is 8.16. The number of amides is 1. The molecule has 1 unspecified atom stereocenters. The molecule has 1 saturated heterocycles. The number of rotatable bonds is 3. The van der Waals surface area contributed by atoms with Gasteiger partial charge in [0.25, 0.3) is 0 Å². The molecule has 0 aromatic heterocycles. The molecule has 0 bridgehead atoms. The third kappa shape index (κ3) is 3.89. The van der Waals surface area contributed by atoms with E-state index in [4.69, 9.17) is 0 Å². The van der Waals surface area contributed by atoms with Crippen molar-refractivity contribution in [2.75, 3.05) is 13.1 Å². The van der Waals surface area contributed by atoms with Gasteiger partial charge in [0.1, 0.15) is 0 Å². The lowest BCUT2D eigenvalue weighted by Gasteiger charge is -2.39. The molecule has 128 valence electrons. The highest BCUT2D eigenvalue weighted by Crippen LogP contribution is 2.41. The zero-order valence-corrected chi connectivity index (χ0v) is 14.9. The molecule has 23 heavy (non-hydrogen) atoms. The Hall–Kier alpha value is -1.06. The summed E-state index contributed by atoms with van der Waals surface area (Å²) in [6, 6.07) is 8.75. The Morgan fingerprint density at radius 2 is 1.91 bits per heavy atom. The first-order valence-corrected chi connectivity index (χ1v) is 8.80. The Kier molecular flexibility index (Phi) is 6.49. The molecule has 1 heterocycles. The van der Waals surface area contributed by atoms with Crippen molar-refractivity contribution in [3.63, 3.8) is 0 Å². The van der Waals surface area contributed by atoms with E-state index in [1.165, 1.54) is 17.5 Å². The smallest absolute Gasteiger partial charge is 0.230 e. The summed E-state index contributed by atoms with van der Waals surface area (Å²) in [4.78, 5) is 13.2. The summed E-state index contributed by atoms with van der Waals surface area (Å²) in [5.74, 6) is 0.259. The minimum absolute atomic E-state index is 0. The summed E-state index contributed by atoms with van der Waals surface area (Å²) in [5, 5.41) is 6.75. The standard InChI is InChI=1S/C19H28N2O.ClH/c1-15-8-3-4-10-17(15)19(11-5-2-6-12-19)18(22)21-16-9-7-13-20-14-16;/h3-4,8,10,16,20H,2,5-7,9,11-14H2,1H3,(H,21,22);1H. The second-order valence-corrected chi connectivity index (χ2v) is 6.97. The van der Waals surface area contributed by atoms with Gasteiger partial charge in [0.2, 0.25) is 5.91 Å². The lowest BCUT2D eigenvalue weighted by atomic mass is 9.67. The number of carbonyl (C=O) groups is 1. The summed E-state index contributed by atoms with van der Waals surface area (Å²) in [6.07, 6.45) is 7.81. The maximum absolute atomic E-state index is 13.2. The van der Waals surface area contributed by atoms with Crippen molar-refractivity contribution in [2.24, 2.45) is 0 Å². The molecule has 2 fully saturated rings. The molecule has 2 N–H and O–H groups in total. The van der Waals surface area contributed by atoms with Crippen molar-refractivity contribution >= 4 is 18.3 Å². The van der Waals surface area contributed by atoms with Crippen LogP contribution in [-0.4, -0.2) is 25.0 Å². The molecule has 0 spiro atoms. The number of piperidine rings is 1. The first-order chi connectivity index (χ1) is 10.7. The van der Waals surface area contributed by atoms with E-state index >= 15 is 0 Å². The van der Waals surface area contributed by atoms with Crippen LogP contribution in [0.4, 0.5) is 0 Å². The molecule has 1 aromatic rings. The molecule has 3 rings (SSSR count). The molecule has 1 aliphatic heterocycles. The number of aryl methyl sites for hydroxylation is 1. The van der Waals surface area contributed by atoms with E-state index in [1.54, 1.807) is 0 Å². The zero-order chi connectivity index (χ0) is 15.4. The van der Waals surface area contributed by atoms with Crippen molar-refractivity contribution in [3.05, 3.63) is 35.4 Å². The molecular weight excluding hydrogens is 308 g/mol. The van der Waals surface area contributed by atoms with Gasteiger partial charge < -0.3 is 10.6 Å². The van der Waals surface area contributed by atoms with Gasteiger partial charge >= 0.3 is 0 Å². The SMILES string of the molecule is Cc1ccccc1C1(C(=O)NC2CCCNC2)CCCCC1.Cl. The lowest BCUT2D eigenvalue weighted by molar-refractivity contribution is -0.129. The van der Waals surface area contributed by atoms with Gasteiger partial charge in [0, 0.05) is 12.6 Å². The molecule has 0 radical (unpaired) electrons. The van der Waals surface area contributed by atoms with Gasteiger partial charge in [0.15, 0.2) is 0 Å². The third-order valence-corrected chi connectivity index (χ3v) is 5.43. The molecule has 1 amide bonds. The van der Waals surface area contributed by atoms with E-state index in [1.807, 2.05) is 0 Å². The molecular formula is C19H29ClN2O. The molecule has 1 aromatic carbocycles. The van der Waals surface area contributed by atoms with Crippen molar-refractivity contribution < 1.29 is 4.79 Å². The van der Waals surface area contributed by atoms with Crippen LogP contribution in [0.3, 0.4) is 0 Å². The fraction of sp³-hybridized carbons (Fsp3) is 0.632. The summed E-state index contributed by atoms with van der Waals surface area (Å²) in [7, 11) is 0. The van der Waals surface area contributed by atoms with Gasteiger partial charge in [-0.3, -0.25) is 4.79 Å². The van der Waals surface area contributed by atoms with E-state index in [0.29, 0.717) is 6.04 Å². The minimum atomic E-state index is -0.305. The Labute approximate surface area is 146 Å². The number of hydrogen-bond donors (Lipinski definition) is 2. The largest absolute Gasteiger partial charge is 0.351 e. The minimum Gasteiger partial charge on any atom is -0.351 e. The number of halogens is 1. The number of nitrogens with one attached hydrogen (secondary N) is 2. The summed E-state index contributed by atoms with van der Waals surface area (Å²) in [6.45, 7) is 4.13. The fourth-order valence-electron chi connectivity index (χ4n) is 4.18. The van der Waals surface area contributed by atoms with Crippen molar-refractivity contribution in [3.8, 4) is 0 Å². The highest BCUT2D eigenvalue weighted by Gasteiger charge is 2.42. The molecule has 1 aliphatic carbocycles. The predicted octanol–water partition coefficient (Wildman–Crippen LogP) is 3.49. The number of hydrogen-bond acceptors (Lipinski definition) is 2. The Bertz CT molecular complexity index is 520. The molecule has 1 saturated carbocycles. The van der Waals surface area contributed by atoms with Crippen LogP contribution in [-0.2, 0) is 10.2 Å². The van der Waals surface area contributed by atoms with Crippen LogP contribution >= 0.6 is 12.4 Å². The average Bonchev–Trinajstić information content (AvgIpc) is 2.57. The summed E-state index contributed by atoms with van der Waals surface area (Å²) in [5.41, 5.74) is 2.19. The van der Waals surface area contributed by atoms with E-state index in [9.17, 15) is 4.79 Å². The van der Waals surface area contributed by atoms with E-state index in [0.717, 1.165) is 51.6 Å². The van der Waals surface area contributed by atoms with Gasteiger partial charge in [-0.2, -0.15) is 0 Å². The summed E-state index contributed by atoms with van der Waals surface area (Å²) < 4.78 is 0. The fourth-order valence-corrected chi connectivity index (χ4v) is 4.18. The van der Waals surface area contributed by atoms with Gasteiger partial charge in [-0.05, 0) is 50.3 Å². The van der Waals surface area contributed by atoms with Gasteiger partial charge in [-0.15, -0.1) is 12.4 Å². The lowest BCUT2D eigenvalue weighted by Crippen LogP contribution is -2.53. The average molecular weight is 337 g/mol. The highest BCUT2D eigenvalue weighted by molar-refractivity contribution is 5.89. The van der Waals surface area contributed by atoms with Crippen LogP contribution in [0.2, 0.25) is 0 Å². The molecule has 1 atom stereocenters. The monoisotopic (exact) mass is 336 g/mol. The van der Waals surface area contributed by atoms with Gasteiger partial charge in [0.05, 0.1) is 5.41 Å². The van der Waals surface area contributed by atoms with E-state index in [-0.39, 0.29) is 23.7 Å². The van der Waals surface area contributed by atoms with Gasteiger partial charge in [-0.1, -0.05) is 43.5 Å². The summed E-state index contributed by atoms with van der Waals surface area (Å²) >= 11 is 0. The Morgan fingerprint density at radius 3 is 2.57 bits per heavy atom. The van der Waals surface area contributed by atoms with Crippen LogP contribution in [0.25, 0.3) is 0 Å². The Balaban J connectivity index is 0.00000192. The maximum atomic E-state index is 13.2. The van der Waals surface area contributed by atoms with Crippen LogP contribution < -0.4 is 10.6 Å². The van der Waals surface area contributed by atoms with Crippen molar-refractivity contribution in [1.29, 1.82) is 0 Å². The number of benzene rings is 1. The first-order valence-electron chi connectivity index (χ1n) is 8.80. The van der Waals surface area contributed by atoms with Crippen LogP contribution in [0.1, 0.15) is 56.1 Å². The van der Waals surface area contributed by atoms with E-state index in [2.05, 4.69) is 41.8 Å². The Morgan fingerprint density at radius 1 is 1.17 bits per heavy atom. The van der Waals surface area contributed by atoms with Crippen LogP contribution in [0.5, 0.6) is 0 Å². The van der Waals surface area contributed by atoms with Crippen LogP contribution in [0, 0.1) is 6.92 Å². The molecule has 4 heteroatoms. The normalized spacial score (nSPS) is 23.6. The predicted molar refractivity (Wildman–Crippen MR) is 97.2 cm³/mol. The first kappa shape index (κ1) is 18.3. The topological polar surface area (TPSA) is 41.1 Å². The molecule has 2 aliphatic rings.